The minimum atomic E-state index is -3.83. The monoisotopic (exact) mass is 467 g/mol. The van der Waals surface area contributed by atoms with Crippen LogP contribution in [-0.4, -0.2) is 56.1 Å². The second-order valence-electron chi connectivity index (χ2n) is 6.66. The van der Waals surface area contributed by atoms with E-state index in [0.29, 0.717) is 22.8 Å². The van der Waals surface area contributed by atoms with Crippen molar-refractivity contribution in [2.24, 2.45) is 0 Å². The van der Waals surface area contributed by atoms with Gasteiger partial charge >= 0.3 is 5.57 Å². The van der Waals surface area contributed by atoms with Crippen LogP contribution < -0.4 is 15.4 Å². The Morgan fingerprint density at radius 2 is 2.03 bits per heavy atom. The maximum Gasteiger partial charge on any atom is 0.487 e. The molecule has 0 unspecified atom stereocenters. The number of alkyl halides is 3. The number of aliphatic hydroxyl groups excluding tert-OH is 2. The number of rotatable bonds is 10. The van der Waals surface area contributed by atoms with Crippen LogP contribution >= 0.6 is 11.6 Å². The number of carbonyl (C=O) groups excluding carboxylic acids is 1. The number of anilines is 2. The topological polar surface area (TPSA) is 132 Å². The van der Waals surface area contributed by atoms with Crippen molar-refractivity contribution in [2.75, 3.05) is 23.8 Å². The first-order valence-electron chi connectivity index (χ1n) is 9.45. The number of amides is 1. The zero-order valence-corrected chi connectivity index (χ0v) is 17.3. The third-order valence-corrected chi connectivity index (χ3v) is 4.33. The molecule has 1 amide bonds. The Kier molecular flexibility index (Phi) is 7.57. The van der Waals surface area contributed by atoms with E-state index in [2.05, 4.69) is 30.6 Å². The van der Waals surface area contributed by atoms with Crippen LogP contribution in [0.3, 0.4) is 0 Å². The fraction of sp³-hybridized carbons (Fsp3) is 0.250. The Hall–Kier alpha value is -3.28. The van der Waals surface area contributed by atoms with Crippen LogP contribution in [0.5, 0.6) is 5.75 Å². The molecule has 2 heterocycles. The van der Waals surface area contributed by atoms with Crippen molar-refractivity contribution < 1.29 is 28.5 Å². The molecule has 0 aliphatic rings. The number of H-pyrrole nitrogens is 1. The van der Waals surface area contributed by atoms with Gasteiger partial charge in [0.05, 0.1) is 17.4 Å². The molecule has 0 spiro atoms. The molecule has 3 aromatic rings. The summed E-state index contributed by atoms with van der Waals surface area (Å²) in [6, 6.07) is 8.53. The van der Waals surface area contributed by atoms with E-state index < -0.39 is 17.6 Å². The first-order valence-corrected chi connectivity index (χ1v) is 9.82. The van der Waals surface area contributed by atoms with E-state index in [-0.39, 0.29) is 30.9 Å². The summed E-state index contributed by atoms with van der Waals surface area (Å²) in [4.78, 5) is 16.9. The van der Waals surface area contributed by atoms with E-state index in [1.807, 2.05) is 0 Å². The first-order chi connectivity index (χ1) is 15.2. The molecule has 0 saturated heterocycles. The second kappa shape index (κ2) is 10.4. The minimum Gasteiger partial charge on any atom is -0.420 e. The molecule has 1 atom stereocenters. The Labute approximate surface area is 186 Å². The summed E-state index contributed by atoms with van der Waals surface area (Å²) in [5, 5.41) is 31.1. The highest BCUT2D eigenvalue weighted by molar-refractivity contribution is 6.20. The number of aromatic amines is 1. The normalized spacial score (nSPS) is 12.3. The van der Waals surface area contributed by atoms with Gasteiger partial charge in [0, 0.05) is 48.4 Å². The Bertz CT molecular complexity index is 1030. The number of halogens is 3. The molecule has 1 aromatic carbocycles. The van der Waals surface area contributed by atoms with Crippen molar-refractivity contribution in [3.8, 4) is 17.0 Å². The Morgan fingerprint density at radius 3 is 2.66 bits per heavy atom. The molecule has 0 saturated carbocycles. The van der Waals surface area contributed by atoms with Gasteiger partial charge in [-0.15, -0.1) is 8.78 Å². The lowest BCUT2D eigenvalue weighted by Gasteiger charge is -2.15. The predicted molar refractivity (Wildman–Crippen MR) is 114 cm³/mol. The van der Waals surface area contributed by atoms with Crippen LogP contribution in [0.15, 0.2) is 48.8 Å². The number of benzene rings is 1. The summed E-state index contributed by atoms with van der Waals surface area (Å²) in [5.74, 6) is -0.238. The molecule has 0 bridgehead atoms. The van der Waals surface area contributed by atoms with Gasteiger partial charge in [0.2, 0.25) is 0 Å². The lowest BCUT2D eigenvalue weighted by molar-refractivity contribution is -0.0964. The molecule has 0 aliphatic carbocycles. The van der Waals surface area contributed by atoms with Crippen molar-refractivity contribution in [1.29, 1.82) is 0 Å². The molecule has 9 nitrogen and oxygen atoms in total. The van der Waals surface area contributed by atoms with Gasteiger partial charge in [-0.3, -0.25) is 9.89 Å². The van der Waals surface area contributed by atoms with Crippen molar-refractivity contribution in [3.63, 3.8) is 0 Å². The van der Waals surface area contributed by atoms with Gasteiger partial charge in [-0.05, 0) is 42.8 Å². The number of aromatic nitrogens is 3. The van der Waals surface area contributed by atoms with Gasteiger partial charge < -0.3 is 25.6 Å². The summed E-state index contributed by atoms with van der Waals surface area (Å²) in [7, 11) is 0. The fourth-order valence-electron chi connectivity index (χ4n) is 2.75. The first kappa shape index (κ1) is 23.4. The quantitative estimate of drug-likeness (QED) is 0.289. The number of aliphatic hydroxyl groups is 2. The zero-order chi connectivity index (χ0) is 23.1. The summed E-state index contributed by atoms with van der Waals surface area (Å²) in [5.41, 5.74) is -2.13. The van der Waals surface area contributed by atoms with E-state index in [9.17, 15) is 18.7 Å². The van der Waals surface area contributed by atoms with Crippen LogP contribution in [0.25, 0.3) is 11.3 Å². The number of nitrogens with zero attached hydrogens (tertiary/aromatic N) is 2. The van der Waals surface area contributed by atoms with Crippen LogP contribution in [0.1, 0.15) is 16.8 Å². The maximum absolute atomic E-state index is 12.7. The van der Waals surface area contributed by atoms with Crippen molar-refractivity contribution in [1.82, 2.24) is 15.2 Å². The second-order valence-corrected chi connectivity index (χ2v) is 7.10. The highest BCUT2D eigenvalue weighted by atomic mass is 35.5. The zero-order valence-electron chi connectivity index (χ0n) is 16.6. The van der Waals surface area contributed by atoms with Crippen LogP contribution in [0.4, 0.5) is 20.3 Å². The summed E-state index contributed by atoms with van der Waals surface area (Å²) in [6.45, 7) is 0.000204. The largest absolute Gasteiger partial charge is 0.487 e. The molecule has 0 radical (unpaired) electrons. The third-order valence-electron chi connectivity index (χ3n) is 4.25. The van der Waals surface area contributed by atoms with E-state index >= 15 is 0 Å². The van der Waals surface area contributed by atoms with Crippen molar-refractivity contribution in [3.05, 3.63) is 54.4 Å². The lowest BCUT2D eigenvalue weighted by atomic mass is 10.1. The molecule has 170 valence electrons. The summed E-state index contributed by atoms with van der Waals surface area (Å²) >= 11 is 4.73. The standard InChI is InChI=1S/C20H20ClF2N5O4/c21-20(22,23)32-15-3-1-13(2-4-15)27-19(31)12-9-16(17-5-7-26-28-17)18(24-10-12)25-11-14(30)6-8-29/h1-5,7,9-10,14,29-30H,6,8,11H2,(H,24,25)(H,26,28)(H,27,31)/t14-/m0/s1. The number of hydrogen-bond acceptors (Lipinski definition) is 7. The Balaban J connectivity index is 1.75. The van der Waals surface area contributed by atoms with Crippen LogP contribution in [0, 0.1) is 0 Å². The predicted octanol–water partition coefficient (Wildman–Crippen LogP) is 3.05. The minimum absolute atomic E-state index is 0.149. The molecular formula is C20H20ClF2N5O4. The summed E-state index contributed by atoms with van der Waals surface area (Å²) in [6.07, 6.45) is 2.33. The van der Waals surface area contributed by atoms with Crippen molar-refractivity contribution in [2.45, 2.75) is 18.1 Å². The number of hydrogen-bond donors (Lipinski definition) is 5. The molecule has 32 heavy (non-hydrogen) atoms. The molecule has 2 aromatic heterocycles. The van der Waals surface area contributed by atoms with E-state index in [0.717, 1.165) is 0 Å². The number of carbonyl (C=O) groups is 1. The molecule has 3 rings (SSSR count). The highest BCUT2D eigenvalue weighted by Crippen LogP contribution is 2.27. The Morgan fingerprint density at radius 1 is 1.28 bits per heavy atom. The van der Waals surface area contributed by atoms with Gasteiger partial charge in [0.25, 0.3) is 5.91 Å². The van der Waals surface area contributed by atoms with E-state index in [1.54, 1.807) is 18.3 Å². The van der Waals surface area contributed by atoms with Crippen LogP contribution in [-0.2, 0) is 0 Å². The van der Waals surface area contributed by atoms with Crippen LogP contribution in [0.2, 0.25) is 0 Å². The van der Waals surface area contributed by atoms with E-state index in [4.69, 9.17) is 16.7 Å². The smallest absolute Gasteiger partial charge is 0.420 e. The SMILES string of the molecule is O=C(Nc1ccc(OC(F)(F)Cl)cc1)c1cnc(NC[C@@H](O)CCO)c(-c2ccn[nH]2)c1. The lowest BCUT2D eigenvalue weighted by Crippen LogP contribution is -2.21. The van der Waals surface area contributed by atoms with Gasteiger partial charge in [-0.1, -0.05) is 0 Å². The molecule has 0 aliphatic heterocycles. The third kappa shape index (κ3) is 6.61. The number of nitrogens with one attached hydrogen (secondary N) is 3. The molecule has 12 heteroatoms. The van der Waals surface area contributed by atoms with E-state index in [1.165, 1.54) is 30.5 Å². The summed E-state index contributed by atoms with van der Waals surface area (Å²) < 4.78 is 29.6. The number of pyridine rings is 1. The van der Waals surface area contributed by atoms with Gasteiger partial charge in [-0.25, -0.2) is 4.98 Å². The van der Waals surface area contributed by atoms with Gasteiger partial charge in [0.15, 0.2) is 0 Å². The molecule has 0 fully saturated rings. The molecular weight excluding hydrogens is 448 g/mol. The number of ether oxygens (including phenoxy) is 1. The van der Waals surface area contributed by atoms with Gasteiger partial charge in [-0.2, -0.15) is 5.10 Å². The highest BCUT2D eigenvalue weighted by Gasteiger charge is 2.27. The fourth-order valence-corrected chi connectivity index (χ4v) is 2.84. The molecule has 5 N–H and O–H groups in total. The average molecular weight is 468 g/mol. The maximum atomic E-state index is 12.7. The van der Waals surface area contributed by atoms with Gasteiger partial charge in [0.1, 0.15) is 11.6 Å². The average Bonchev–Trinajstić information content (AvgIpc) is 3.27. The van der Waals surface area contributed by atoms with Crippen molar-refractivity contribution >= 4 is 29.0 Å².